The van der Waals surface area contributed by atoms with Crippen molar-refractivity contribution in [1.82, 2.24) is 10.3 Å². The minimum absolute atomic E-state index is 0.0119. The normalized spacial score (nSPS) is 10.8. The Bertz CT molecular complexity index is 928. The first kappa shape index (κ1) is 16.9. The van der Waals surface area contributed by atoms with E-state index in [4.69, 9.17) is 10.8 Å². The molecule has 0 unspecified atom stereocenters. The smallest absolute Gasteiger partial charge is 0.253 e. The Morgan fingerprint density at radius 2 is 1.96 bits per heavy atom. The van der Waals surface area contributed by atoms with Crippen LogP contribution in [0.3, 0.4) is 0 Å². The number of hydrogen-bond acceptors (Lipinski definition) is 4. The van der Waals surface area contributed by atoms with Gasteiger partial charge in [0.05, 0.1) is 5.56 Å². The van der Waals surface area contributed by atoms with E-state index in [0.717, 1.165) is 11.1 Å². The van der Waals surface area contributed by atoms with Gasteiger partial charge in [0.15, 0.2) is 0 Å². The molecule has 0 radical (unpaired) electrons. The zero-order valence-electron chi connectivity index (χ0n) is 13.5. The molecule has 5 nitrogen and oxygen atoms in total. The average molecular weight is 339 g/mol. The molecule has 3 rings (SSSR count). The van der Waals surface area contributed by atoms with Gasteiger partial charge in [0.2, 0.25) is 0 Å². The molecule has 0 aliphatic rings. The fraction of sp³-hybridized carbons (Fsp3) is 0.158. The van der Waals surface area contributed by atoms with Crippen molar-refractivity contribution in [1.29, 1.82) is 0 Å². The molecule has 0 saturated carbocycles. The summed E-state index contributed by atoms with van der Waals surface area (Å²) in [6.45, 7) is 0.389. The zero-order valence-corrected chi connectivity index (χ0v) is 13.5. The summed E-state index contributed by atoms with van der Waals surface area (Å²) in [6.07, 6.45) is 1.92. The highest BCUT2D eigenvalue weighted by Crippen LogP contribution is 2.29. The standard InChI is InChI=1S/C19H18FN3O2/c20-14-4-1-3-12(9-14)13-5-6-15-16(10-13)18(21)23-11-17(15)19(25)22-7-2-8-24/h1,3-6,9-11,24H,2,7-8H2,(H2,21,23)(H,22,25). The predicted octanol–water partition coefficient (Wildman–Crippen LogP) is 2.74. The van der Waals surface area contributed by atoms with Crippen LogP contribution in [0.1, 0.15) is 16.8 Å². The second-order valence-electron chi connectivity index (χ2n) is 5.66. The van der Waals surface area contributed by atoms with Gasteiger partial charge in [-0.05, 0) is 41.1 Å². The van der Waals surface area contributed by atoms with Crippen LogP contribution in [0.2, 0.25) is 0 Å². The average Bonchev–Trinajstić information content (AvgIpc) is 2.62. The number of carbonyl (C=O) groups excluding carboxylic acids is 1. The van der Waals surface area contributed by atoms with Crippen molar-refractivity contribution in [3.63, 3.8) is 0 Å². The molecule has 1 heterocycles. The summed E-state index contributed by atoms with van der Waals surface area (Å²) >= 11 is 0. The molecule has 0 spiro atoms. The van der Waals surface area contributed by atoms with Gasteiger partial charge in [-0.3, -0.25) is 4.79 Å². The molecule has 0 atom stereocenters. The molecule has 0 aliphatic carbocycles. The number of aliphatic hydroxyl groups excluding tert-OH is 1. The SMILES string of the molecule is Nc1ncc(C(=O)NCCCO)c2ccc(-c3cccc(F)c3)cc12. The third kappa shape index (κ3) is 3.59. The molecule has 0 fully saturated rings. The quantitative estimate of drug-likeness (QED) is 0.624. The highest BCUT2D eigenvalue weighted by molar-refractivity contribution is 6.09. The number of nitrogens with one attached hydrogen (secondary N) is 1. The summed E-state index contributed by atoms with van der Waals surface area (Å²) in [4.78, 5) is 16.4. The Balaban J connectivity index is 2.03. The third-order valence-electron chi connectivity index (χ3n) is 3.94. The zero-order chi connectivity index (χ0) is 17.8. The number of nitrogens with two attached hydrogens (primary N) is 1. The molecule has 4 N–H and O–H groups in total. The van der Waals surface area contributed by atoms with Gasteiger partial charge in [-0.1, -0.05) is 24.3 Å². The van der Waals surface area contributed by atoms with E-state index in [2.05, 4.69) is 10.3 Å². The summed E-state index contributed by atoms with van der Waals surface area (Å²) in [5, 5.41) is 12.9. The van der Waals surface area contributed by atoms with Crippen molar-refractivity contribution >= 4 is 22.5 Å². The number of halogens is 1. The number of carbonyl (C=O) groups is 1. The van der Waals surface area contributed by atoms with Crippen LogP contribution in [0.4, 0.5) is 10.2 Å². The molecule has 0 saturated heterocycles. The summed E-state index contributed by atoms with van der Waals surface area (Å²) in [5.41, 5.74) is 7.90. The second kappa shape index (κ2) is 7.27. The first-order valence-electron chi connectivity index (χ1n) is 7.93. The van der Waals surface area contributed by atoms with Gasteiger partial charge in [-0.2, -0.15) is 0 Å². The molecular weight excluding hydrogens is 321 g/mol. The van der Waals surface area contributed by atoms with Crippen LogP contribution in [-0.2, 0) is 0 Å². The van der Waals surface area contributed by atoms with Gasteiger partial charge >= 0.3 is 0 Å². The van der Waals surface area contributed by atoms with Crippen molar-refractivity contribution < 1.29 is 14.3 Å². The van der Waals surface area contributed by atoms with Gasteiger partial charge in [-0.25, -0.2) is 9.37 Å². The molecule has 25 heavy (non-hydrogen) atoms. The number of nitrogens with zero attached hydrogens (tertiary/aromatic N) is 1. The summed E-state index contributed by atoms with van der Waals surface area (Å²) in [5.74, 6) is -0.287. The summed E-state index contributed by atoms with van der Waals surface area (Å²) in [6, 6.07) is 11.7. The van der Waals surface area contributed by atoms with Gasteiger partial charge in [0, 0.05) is 24.7 Å². The van der Waals surface area contributed by atoms with E-state index < -0.39 is 0 Å². The van der Waals surface area contributed by atoms with Crippen LogP contribution in [0.25, 0.3) is 21.9 Å². The van der Waals surface area contributed by atoms with Crippen molar-refractivity contribution in [3.8, 4) is 11.1 Å². The number of anilines is 1. The fourth-order valence-corrected chi connectivity index (χ4v) is 2.67. The van der Waals surface area contributed by atoms with Crippen LogP contribution in [0, 0.1) is 5.82 Å². The Kier molecular flexibility index (Phi) is 4.90. The molecule has 6 heteroatoms. The lowest BCUT2D eigenvalue weighted by Crippen LogP contribution is -2.25. The van der Waals surface area contributed by atoms with E-state index in [0.29, 0.717) is 35.1 Å². The van der Waals surface area contributed by atoms with Crippen LogP contribution in [0.15, 0.2) is 48.7 Å². The number of amides is 1. The minimum atomic E-state index is -0.319. The number of benzene rings is 2. The molecule has 1 aromatic heterocycles. The molecule has 3 aromatic rings. The number of nitrogen functional groups attached to an aromatic ring is 1. The van der Waals surface area contributed by atoms with E-state index in [9.17, 15) is 9.18 Å². The molecule has 128 valence electrons. The number of fused-ring (bicyclic) bond motifs is 1. The van der Waals surface area contributed by atoms with E-state index in [1.54, 1.807) is 24.3 Å². The first-order valence-corrected chi connectivity index (χ1v) is 7.93. The van der Waals surface area contributed by atoms with E-state index >= 15 is 0 Å². The number of pyridine rings is 1. The second-order valence-corrected chi connectivity index (χ2v) is 5.66. The Morgan fingerprint density at radius 1 is 1.16 bits per heavy atom. The van der Waals surface area contributed by atoms with Crippen molar-refractivity contribution in [2.45, 2.75) is 6.42 Å². The maximum Gasteiger partial charge on any atom is 0.253 e. The molecule has 0 bridgehead atoms. The minimum Gasteiger partial charge on any atom is -0.396 e. The molecule has 2 aromatic carbocycles. The van der Waals surface area contributed by atoms with E-state index in [1.165, 1.54) is 18.3 Å². The van der Waals surface area contributed by atoms with Gasteiger partial charge in [0.25, 0.3) is 5.91 Å². The summed E-state index contributed by atoms with van der Waals surface area (Å²) < 4.78 is 13.5. The predicted molar refractivity (Wildman–Crippen MR) is 95.6 cm³/mol. The number of aromatic nitrogens is 1. The van der Waals surface area contributed by atoms with Crippen LogP contribution >= 0.6 is 0 Å². The maximum atomic E-state index is 13.5. The lowest BCUT2D eigenvalue weighted by atomic mass is 9.99. The van der Waals surface area contributed by atoms with E-state index in [-0.39, 0.29) is 18.3 Å². The lowest BCUT2D eigenvalue weighted by molar-refractivity contribution is 0.0952. The number of hydrogen-bond donors (Lipinski definition) is 3. The lowest BCUT2D eigenvalue weighted by Gasteiger charge is -2.11. The molecule has 1 amide bonds. The largest absolute Gasteiger partial charge is 0.396 e. The monoisotopic (exact) mass is 339 g/mol. The number of aliphatic hydroxyl groups is 1. The van der Waals surface area contributed by atoms with Crippen LogP contribution in [-0.4, -0.2) is 29.1 Å². The summed E-state index contributed by atoms with van der Waals surface area (Å²) in [7, 11) is 0. The van der Waals surface area contributed by atoms with Gasteiger partial charge in [-0.15, -0.1) is 0 Å². The Morgan fingerprint density at radius 3 is 2.72 bits per heavy atom. The van der Waals surface area contributed by atoms with Crippen LogP contribution < -0.4 is 11.1 Å². The number of rotatable bonds is 5. The maximum absolute atomic E-state index is 13.5. The van der Waals surface area contributed by atoms with E-state index in [1.807, 2.05) is 6.07 Å². The van der Waals surface area contributed by atoms with Crippen molar-refractivity contribution in [2.75, 3.05) is 18.9 Å². The fourth-order valence-electron chi connectivity index (χ4n) is 2.67. The van der Waals surface area contributed by atoms with Gasteiger partial charge in [0.1, 0.15) is 11.6 Å². The highest BCUT2D eigenvalue weighted by Gasteiger charge is 2.13. The molecular formula is C19H18FN3O2. The molecule has 0 aliphatic heterocycles. The third-order valence-corrected chi connectivity index (χ3v) is 3.94. The first-order chi connectivity index (χ1) is 12.1. The Labute approximate surface area is 144 Å². The highest BCUT2D eigenvalue weighted by atomic mass is 19.1. The Hall–Kier alpha value is -2.99. The van der Waals surface area contributed by atoms with Gasteiger partial charge < -0.3 is 16.2 Å². The topological polar surface area (TPSA) is 88.2 Å². The van der Waals surface area contributed by atoms with Crippen molar-refractivity contribution in [2.24, 2.45) is 0 Å². The van der Waals surface area contributed by atoms with Crippen LogP contribution in [0.5, 0.6) is 0 Å². The van der Waals surface area contributed by atoms with Crippen molar-refractivity contribution in [3.05, 3.63) is 60.0 Å².